The van der Waals surface area contributed by atoms with Gasteiger partial charge in [-0.25, -0.2) is 0 Å². The summed E-state index contributed by atoms with van der Waals surface area (Å²) in [6.45, 7) is 3.92. The van der Waals surface area contributed by atoms with Crippen molar-refractivity contribution in [2.24, 2.45) is 9.98 Å². The number of alkyl halides is 3. The average Bonchev–Trinajstić information content (AvgIpc) is 2.98. The van der Waals surface area contributed by atoms with Crippen LogP contribution in [0.4, 0.5) is 24.5 Å². The smallest absolute Gasteiger partial charge is 0.433 e. The third kappa shape index (κ3) is 7.07. The van der Waals surface area contributed by atoms with E-state index in [1.165, 1.54) is 6.07 Å². The SMILES string of the molecule is C=Nc1ccc(OCc2ccc(C(F)(F)F)nc2)cc1C(=NCc1cccnc1)Nc1ccccc1C(=O)NC. The molecule has 40 heavy (non-hydrogen) atoms. The molecule has 11 heteroatoms. The molecule has 0 radical (unpaired) electrons. The van der Waals surface area contributed by atoms with Crippen molar-refractivity contribution in [2.45, 2.75) is 19.3 Å². The second-order valence-corrected chi connectivity index (χ2v) is 8.45. The first-order valence-corrected chi connectivity index (χ1v) is 12.1. The number of carbonyl (C=O) groups excluding carboxylic acids is 1. The monoisotopic (exact) mass is 546 g/mol. The zero-order valence-electron chi connectivity index (χ0n) is 21.4. The maximum Gasteiger partial charge on any atom is 0.433 e. The summed E-state index contributed by atoms with van der Waals surface area (Å²) >= 11 is 0. The number of halogens is 3. The summed E-state index contributed by atoms with van der Waals surface area (Å²) < 4.78 is 44.3. The first-order valence-electron chi connectivity index (χ1n) is 12.1. The Morgan fingerprint density at radius 3 is 2.50 bits per heavy atom. The van der Waals surface area contributed by atoms with Crippen LogP contribution in [0.1, 0.15) is 32.7 Å². The van der Waals surface area contributed by atoms with Crippen LogP contribution in [0.15, 0.2) is 95.3 Å². The average molecular weight is 547 g/mol. The van der Waals surface area contributed by atoms with Crippen molar-refractivity contribution in [2.75, 3.05) is 12.4 Å². The zero-order chi connectivity index (χ0) is 28.5. The van der Waals surface area contributed by atoms with Crippen LogP contribution in [0.3, 0.4) is 0 Å². The van der Waals surface area contributed by atoms with Crippen molar-refractivity contribution >= 4 is 29.8 Å². The van der Waals surface area contributed by atoms with Crippen molar-refractivity contribution < 1.29 is 22.7 Å². The Morgan fingerprint density at radius 1 is 1.00 bits per heavy atom. The second kappa shape index (κ2) is 12.7. The van der Waals surface area contributed by atoms with Gasteiger partial charge in [-0.05, 0) is 54.7 Å². The zero-order valence-corrected chi connectivity index (χ0v) is 21.4. The summed E-state index contributed by atoms with van der Waals surface area (Å²) in [5.74, 6) is 0.529. The highest BCUT2D eigenvalue weighted by atomic mass is 19.4. The number of benzene rings is 2. The fourth-order valence-electron chi connectivity index (χ4n) is 3.68. The van der Waals surface area contributed by atoms with Gasteiger partial charge in [-0.3, -0.25) is 24.7 Å². The molecule has 0 saturated carbocycles. The Morgan fingerprint density at radius 2 is 1.82 bits per heavy atom. The number of amidine groups is 1. The van der Waals surface area contributed by atoms with E-state index in [9.17, 15) is 18.0 Å². The minimum Gasteiger partial charge on any atom is -0.489 e. The lowest BCUT2D eigenvalue weighted by Crippen LogP contribution is -2.22. The van der Waals surface area contributed by atoms with E-state index >= 15 is 0 Å². The Hall–Kier alpha value is -5.06. The molecule has 0 saturated heterocycles. The predicted octanol–water partition coefficient (Wildman–Crippen LogP) is 5.83. The number of aliphatic imine (C=N–C) groups is 2. The Labute approximate surface area is 228 Å². The molecule has 1 amide bonds. The number of nitrogens with one attached hydrogen (secondary N) is 2. The molecule has 2 N–H and O–H groups in total. The molecule has 0 unspecified atom stereocenters. The lowest BCUT2D eigenvalue weighted by atomic mass is 10.1. The molecular weight excluding hydrogens is 521 g/mol. The summed E-state index contributed by atoms with van der Waals surface area (Å²) in [6.07, 6.45) is -0.0270. The summed E-state index contributed by atoms with van der Waals surface area (Å²) in [5, 5.41) is 5.88. The van der Waals surface area contributed by atoms with Gasteiger partial charge >= 0.3 is 6.18 Å². The van der Waals surface area contributed by atoms with E-state index in [0.29, 0.717) is 39.7 Å². The fraction of sp³-hybridized carbons (Fsp3) is 0.138. The van der Waals surface area contributed by atoms with Gasteiger partial charge in [0.05, 0.1) is 23.5 Å². The van der Waals surface area contributed by atoms with Crippen LogP contribution in [0.5, 0.6) is 5.75 Å². The van der Waals surface area contributed by atoms with Crippen molar-refractivity contribution in [3.8, 4) is 5.75 Å². The lowest BCUT2D eigenvalue weighted by molar-refractivity contribution is -0.141. The van der Waals surface area contributed by atoms with Crippen LogP contribution in [-0.4, -0.2) is 35.5 Å². The van der Waals surface area contributed by atoms with Crippen LogP contribution in [-0.2, 0) is 19.3 Å². The summed E-state index contributed by atoms with van der Waals surface area (Å²) in [7, 11) is 1.54. The fourth-order valence-corrected chi connectivity index (χ4v) is 3.68. The number of hydrogen-bond acceptors (Lipinski definition) is 6. The number of pyridine rings is 2. The van der Waals surface area contributed by atoms with E-state index in [2.05, 4.69) is 32.3 Å². The van der Waals surface area contributed by atoms with Gasteiger partial charge in [0.15, 0.2) is 0 Å². The molecule has 2 aromatic heterocycles. The van der Waals surface area contributed by atoms with Crippen LogP contribution in [0, 0.1) is 0 Å². The first-order chi connectivity index (χ1) is 19.3. The highest BCUT2D eigenvalue weighted by Gasteiger charge is 2.32. The summed E-state index contributed by atoms with van der Waals surface area (Å²) in [5.41, 5.74) is 2.31. The number of hydrogen-bond donors (Lipinski definition) is 2. The quantitative estimate of drug-likeness (QED) is 0.203. The Balaban J connectivity index is 1.66. The van der Waals surface area contributed by atoms with Gasteiger partial charge in [0, 0.05) is 36.8 Å². The Bertz CT molecular complexity index is 1510. The van der Waals surface area contributed by atoms with Gasteiger partial charge in [-0.2, -0.15) is 13.2 Å². The molecule has 0 aliphatic rings. The minimum absolute atomic E-state index is 0.0134. The second-order valence-electron chi connectivity index (χ2n) is 8.45. The molecule has 0 aliphatic heterocycles. The highest BCUT2D eigenvalue weighted by molar-refractivity contribution is 6.14. The normalized spacial score (nSPS) is 11.6. The van der Waals surface area contributed by atoms with Crippen molar-refractivity contribution in [1.29, 1.82) is 0 Å². The summed E-state index contributed by atoms with van der Waals surface area (Å²) in [6, 6.07) is 17.9. The molecule has 0 bridgehead atoms. The van der Waals surface area contributed by atoms with E-state index in [1.807, 2.05) is 6.07 Å². The van der Waals surface area contributed by atoms with Crippen LogP contribution < -0.4 is 15.4 Å². The van der Waals surface area contributed by atoms with Gasteiger partial charge in [-0.1, -0.05) is 24.3 Å². The number of ether oxygens (including phenoxy) is 1. The number of rotatable bonds is 9. The molecule has 0 atom stereocenters. The molecule has 8 nitrogen and oxygen atoms in total. The van der Waals surface area contributed by atoms with Gasteiger partial charge in [0.1, 0.15) is 23.9 Å². The predicted molar refractivity (Wildman–Crippen MR) is 147 cm³/mol. The van der Waals surface area contributed by atoms with Crippen molar-refractivity contribution in [1.82, 2.24) is 15.3 Å². The van der Waals surface area contributed by atoms with Crippen molar-refractivity contribution in [3.05, 3.63) is 113 Å². The maximum atomic E-state index is 12.8. The molecule has 2 aromatic carbocycles. The number of carbonyl (C=O) groups is 1. The van der Waals surface area contributed by atoms with E-state index in [-0.39, 0.29) is 19.1 Å². The third-order valence-electron chi connectivity index (χ3n) is 5.71. The molecule has 0 fully saturated rings. The standard InChI is InChI=1S/C29H25F3N6O2/c1-33-24-11-10-21(40-18-20-9-12-26(36-17-20)29(30,31)32)14-23(24)27(37-16-19-6-5-13-35-15-19)38-25-8-4-3-7-22(25)28(39)34-2/h3-15,17H,1,16,18H2,2H3,(H,34,39)(H,37,38). The highest BCUT2D eigenvalue weighted by Crippen LogP contribution is 2.29. The third-order valence-corrected chi connectivity index (χ3v) is 5.71. The van der Waals surface area contributed by atoms with E-state index < -0.39 is 11.9 Å². The summed E-state index contributed by atoms with van der Waals surface area (Å²) in [4.78, 5) is 29.0. The molecule has 204 valence electrons. The van der Waals surface area contributed by atoms with Gasteiger partial charge < -0.3 is 15.4 Å². The number of amides is 1. The first kappa shape index (κ1) is 28.0. The van der Waals surface area contributed by atoms with E-state index in [4.69, 9.17) is 9.73 Å². The molecule has 0 spiro atoms. The largest absolute Gasteiger partial charge is 0.489 e. The molecular formula is C29H25F3N6O2. The van der Waals surface area contributed by atoms with Gasteiger partial charge in [-0.15, -0.1) is 0 Å². The molecule has 4 rings (SSSR count). The minimum atomic E-state index is -4.52. The van der Waals surface area contributed by atoms with Crippen molar-refractivity contribution in [3.63, 3.8) is 0 Å². The molecule has 2 heterocycles. The maximum absolute atomic E-state index is 12.8. The topological polar surface area (TPSA) is 101 Å². The van der Waals surface area contributed by atoms with Crippen LogP contribution in [0.2, 0.25) is 0 Å². The number of anilines is 1. The number of nitrogens with zero attached hydrogens (tertiary/aromatic N) is 4. The van der Waals surface area contributed by atoms with Crippen LogP contribution >= 0.6 is 0 Å². The van der Waals surface area contributed by atoms with Crippen LogP contribution in [0.25, 0.3) is 0 Å². The van der Waals surface area contributed by atoms with E-state index in [0.717, 1.165) is 17.8 Å². The van der Waals surface area contributed by atoms with Gasteiger partial charge in [0.2, 0.25) is 0 Å². The lowest BCUT2D eigenvalue weighted by Gasteiger charge is -2.16. The number of aromatic nitrogens is 2. The molecule has 4 aromatic rings. The van der Waals surface area contributed by atoms with E-state index in [1.54, 1.807) is 68.0 Å². The Kier molecular flexibility index (Phi) is 8.85. The molecule has 0 aliphatic carbocycles. The number of para-hydroxylation sites is 1. The van der Waals surface area contributed by atoms with Gasteiger partial charge in [0.25, 0.3) is 5.91 Å².